The quantitative estimate of drug-likeness (QED) is 0.290. The van der Waals surface area contributed by atoms with E-state index in [-0.39, 0.29) is 5.91 Å². The Morgan fingerprint density at radius 1 is 1.35 bits per heavy atom. The molecular weight excluding hydrogens is 372 g/mol. The van der Waals surface area contributed by atoms with Crippen molar-refractivity contribution in [2.24, 2.45) is 0 Å². The number of hydrogen-bond acceptors (Lipinski definition) is 7. The monoisotopic (exact) mass is 394 g/mol. The van der Waals surface area contributed by atoms with Crippen LogP contribution in [0, 0.1) is 0 Å². The topological polar surface area (TPSA) is 77.3 Å². The number of carbonyl (C=O) groups is 2. The zero-order valence-electron chi connectivity index (χ0n) is 14.7. The number of nitrogens with zero attached hydrogens (tertiary/aromatic N) is 4. The Bertz CT molecular complexity index is 740. The summed E-state index contributed by atoms with van der Waals surface area (Å²) in [5.74, 6) is 2.66. The van der Waals surface area contributed by atoms with Gasteiger partial charge in [0.15, 0.2) is 5.16 Å². The van der Waals surface area contributed by atoms with E-state index in [9.17, 15) is 9.59 Å². The second kappa shape index (κ2) is 7.64. The van der Waals surface area contributed by atoms with Crippen LogP contribution in [0.1, 0.15) is 49.9 Å². The Morgan fingerprint density at radius 2 is 2.15 bits per heavy atom. The van der Waals surface area contributed by atoms with Crippen LogP contribution in [0.25, 0.3) is 0 Å². The number of hydrogen-bond donors (Lipinski definition) is 0. The van der Waals surface area contributed by atoms with E-state index in [0.717, 1.165) is 17.3 Å². The molecule has 0 spiro atoms. The highest BCUT2D eigenvalue weighted by atomic mass is 32.2. The molecule has 0 atom stereocenters. The summed E-state index contributed by atoms with van der Waals surface area (Å²) in [5, 5.41) is 10.5. The third-order valence-electron chi connectivity index (χ3n) is 4.66. The van der Waals surface area contributed by atoms with Gasteiger partial charge in [0.05, 0.1) is 24.0 Å². The molecule has 1 aliphatic heterocycles. The van der Waals surface area contributed by atoms with E-state index in [1.54, 1.807) is 16.7 Å². The van der Waals surface area contributed by atoms with Crippen molar-refractivity contribution in [3.63, 3.8) is 0 Å². The van der Waals surface area contributed by atoms with Crippen LogP contribution in [-0.4, -0.2) is 56.7 Å². The molecule has 9 heteroatoms. The first-order valence-corrected chi connectivity index (χ1v) is 10.9. The maximum absolute atomic E-state index is 12.0. The molecule has 26 heavy (non-hydrogen) atoms. The molecule has 1 saturated heterocycles. The Labute approximate surface area is 160 Å². The minimum absolute atomic E-state index is 0.0484. The third-order valence-corrected chi connectivity index (χ3v) is 6.71. The molecule has 1 aromatic rings. The molecule has 1 amide bonds. The van der Waals surface area contributed by atoms with Crippen molar-refractivity contribution in [3.05, 3.63) is 16.9 Å². The summed E-state index contributed by atoms with van der Waals surface area (Å²) in [4.78, 5) is 25.2. The van der Waals surface area contributed by atoms with Gasteiger partial charge in [-0.2, -0.15) is 0 Å². The molecule has 0 N–H and O–H groups in total. The molecule has 3 aliphatic rings. The first-order valence-electron chi connectivity index (χ1n) is 8.97. The van der Waals surface area contributed by atoms with Gasteiger partial charge in [-0.25, -0.2) is 4.79 Å². The molecule has 1 aromatic heterocycles. The van der Waals surface area contributed by atoms with Gasteiger partial charge in [-0.05, 0) is 32.1 Å². The van der Waals surface area contributed by atoms with Gasteiger partial charge in [0.25, 0.3) is 0 Å². The van der Waals surface area contributed by atoms with Gasteiger partial charge in [-0.15, -0.1) is 10.2 Å². The lowest BCUT2D eigenvalue weighted by molar-refractivity contribution is -0.134. The van der Waals surface area contributed by atoms with E-state index in [0.29, 0.717) is 29.3 Å². The van der Waals surface area contributed by atoms with Gasteiger partial charge in [0.1, 0.15) is 5.82 Å². The molecule has 0 aromatic carbocycles. The Balaban J connectivity index is 1.32. The van der Waals surface area contributed by atoms with Crippen LogP contribution in [-0.2, 0) is 14.3 Å². The van der Waals surface area contributed by atoms with Crippen molar-refractivity contribution < 1.29 is 14.3 Å². The van der Waals surface area contributed by atoms with Crippen LogP contribution in [0.5, 0.6) is 0 Å². The van der Waals surface area contributed by atoms with Gasteiger partial charge >= 0.3 is 5.97 Å². The van der Waals surface area contributed by atoms with Crippen LogP contribution in [0.4, 0.5) is 0 Å². The van der Waals surface area contributed by atoms with E-state index in [4.69, 9.17) is 0 Å². The van der Waals surface area contributed by atoms with Crippen molar-refractivity contribution in [2.75, 3.05) is 25.2 Å². The Morgan fingerprint density at radius 3 is 2.85 bits per heavy atom. The molecule has 2 saturated carbocycles. The highest BCUT2D eigenvalue weighted by Crippen LogP contribution is 2.46. The van der Waals surface area contributed by atoms with Gasteiger partial charge in [-0.1, -0.05) is 23.5 Å². The average molecular weight is 395 g/mol. The van der Waals surface area contributed by atoms with Crippen LogP contribution in [0.3, 0.4) is 0 Å². The first-order chi connectivity index (χ1) is 12.7. The molecule has 0 bridgehead atoms. The van der Waals surface area contributed by atoms with E-state index in [2.05, 4.69) is 19.5 Å². The summed E-state index contributed by atoms with van der Waals surface area (Å²) >= 11 is 3.11. The predicted octanol–water partition coefficient (Wildman–Crippen LogP) is 2.56. The van der Waals surface area contributed by atoms with Crippen LogP contribution in [0.2, 0.25) is 0 Å². The zero-order chi connectivity index (χ0) is 18.1. The molecule has 3 fully saturated rings. The van der Waals surface area contributed by atoms with Crippen molar-refractivity contribution >= 4 is 35.4 Å². The number of carbonyl (C=O) groups excluding carboxylic acids is 2. The van der Waals surface area contributed by atoms with Crippen molar-refractivity contribution in [2.45, 2.75) is 49.2 Å². The number of amides is 1. The van der Waals surface area contributed by atoms with Gasteiger partial charge < -0.3 is 14.2 Å². The Kier molecular flexibility index (Phi) is 5.26. The molecule has 2 heterocycles. The number of methoxy groups -OCH3 is 1. The SMILES string of the molecule is COC(=O)/C=C1\SCC(=O)N1CCCSc1nnc(C2CC2)n1C1CC1. The molecule has 2 aliphatic carbocycles. The lowest BCUT2D eigenvalue weighted by Crippen LogP contribution is -2.26. The summed E-state index contributed by atoms with van der Waals surface area (Å²) < 4.78 is 7.01. The minimum atomic E-state index is -0.424. The Hall–Kier alpha value is -1.48. The van der Waals surface area contributed by atoms with Gasteiger partial charge in [0.2, 0.25) is 5.91 Å². The lowest BCUT2D eigenvalue weighted by atomic mass is 10.4. The normalized spacial score (nSPS) is 21.7. The smallest absolute Gasteiger partial charge is 0.333 e. The minimum Gasteiger partial charge on any atom is -0.466 e. The number of ether oxygens (including phenoxy) is 1. The average Bonchev–Trinajstić information content (AvgIpc) is 3.57. The summed E-state index contributed by atoms with van der Waals surface area (Å²) in [6, 6.07) is 0.592. The lowest BCUT2D eigenvalue weighted by Gasteiger charge is -2.16. The van der Waals surface area contributed by atoms with E-state index in [1.165, 1.54) is 56.5 Å². The van der Waals surface area contributed by atoms with Crippen molar-refractivity contribution in [3.8, 4) is 0 Å². The predicted molar refractivity (Wildman–Crippen MR) is 99.9 cm³/mol. The summed E-state index contributed by atoms with van der Waals surface area (Å²) in [5.41, 5.74) is 0. The maximum Gasteiger partial charge on any atom is 0.333 e. The van der Waals surface area contributed by atoms with Crippen LogP contribution < -0.4 is 0 Å². The molecule has 4 rings (SSSR count). The van der Waals surface area contributed by atoms with Gasteiger partial charge in [-0.3, -0.25) is 4.79 Å². The second-order valence-electron chi connectivity index (χ2n) is 6.76. The summed E-state index contributed by atoms with van der Waals surface area (Å²) in [6.45, 7) is 0.606. The number of thioether (sulfide) groups is 2. The summed E-state index contributed by atoms with van der Waals surface area (Å²) in [7, 11) is 1.34. The zero-order valence-corrected chi connectivity index (χ0v) is 16.4. The standard InChI is InChI=1S/C17H22N4O3S2/c1-24-15(23)9-14-20(13(22)10-26-14)7-2-8-25-17-19-18-16(11-3-4-11)21(17)12-5-6-12/h9,11-12H,2-8,10H2,1H3/b14-9-. The molecule has 0 radical (unpaired) electrons. The summed E-state index contributed by atoms with van der Waals surface area (Å²) in [6.07, 6.45) is 7.16. The highest BCUT2D eigenvalue weighted by Gasteiger charge is 2.36. The van der Waals surface area contributed by atoms with E-state index < -0.39 is 5.97 Å². The third kappa shape index (κ3) is 3.93. The van der Waals surface area contributed by atoms with E-state index in [1.807, 2.05) is 0 Å². The molecule has 140 valence electrons. The van der Waals surface area contributed by atoms with Crippen molar-refractivity contribution in [1.29, 1.82) is 0 Å². The van der Waals surface area contributed by atoms with Crippen LogP contribution in [0.15, 0.2) is 16.3 Å². The molecule has 7 nitrogen and oxygen atoms in total. The van der Waals surface area contributed by atoms with Crippen molar-refractivity contribution in [1.82, 2.24) is 19.7 Å². The molecule has 0 unspecified atom stereocenters. The number of esters is 1. The number of rotatable bonds is 8. The fourth-order valence-electron chi connectivity index (χ4n) is 3.00. The fraction of sp³-hybridized carbons (Fsp3) is 0.647. The number of aromatic nitrogens is 3. The highest BCUT2D eigenvalue weighted by molar-refractivity contribution is 8.04. The second-order valence-corrected chi connectivity index (χ2v) is 8.82. The van der Waals surface area contributed by atoms with E-state index >= 15 is 0 Å². The maximum atomic E-state index is 12.0. The van der Waals surface area contributed by atoms with Crippen LogP contribution >= 0.6 is 23.5 Å². The fourth-order valence-corrected chi connectivity index (χ4v) is 4.89. The first kappa shape index (κ1) is 17.9. The largest absolute Gasteiger partial charge is 0.466 e. The molecular formula is C17H22N4O3S2. The van der Waals surface area contributed by atoms with Gasteiger partial charge in [0, 0.05) is 24.3 Å².